The van der Waals surface area contributed by atoms with E-state index in [4.69, 9.17) is 16.3 Å². The number of ether oxygens (including phenoxy) is 1. The molecule has 4 aromatic rings. The van der Waals surface area contributed by atoms with E-state index < -0.39 is 18.7 Å². The lowest BCUT2D eigenvalue weighted by molar-refractivity contribution is -0.153. The van der Waals surface area contributed by atoms with Crippen LogP contribution in [-0.4, -0.2) is 23.3 Å². The first-order valence-electron chi connectivity index (χ1n) is 9.52. The van der Waals surface area contributed by atoms with Crippen LogP contribution in [0.5, 0.6) is 5.75 Å². The summed E-state index contributed by atoms with van der Waals surface area (Å²) in [6, 6.07) is 17.7. The lowest BCUT2D eigenvalue weighted by Crippen LogP contribution is -2.23. The smallest absolute Gasteiger partial charge is 0.422 e. The lowest BCUT2D eigenvalue weighted by atomic mass is 10.1. The zero-order chi connectivity index (χ0) is 22.9. The average molecular weight is 461 g/mol. The Morgan fingerprint density at radius 2 is 1.56 bits per heavy atom. The molecule has 4 rings (SSSR count). The van der Waals surface area contributed by atoms with Crippen molar-refractivity contribution in [3.05, 3.63) is 82.0 Å². The molecular weight excluding hydrogens is 445 g/mol. The standard InChI is InChI=1S/C23H16ClF3N2O3/c24-14-9-10-20(32-13-23(25,26)27)17(11-14)28-21(30)12-29-18-7-3-1-5-15(18)22(31)16-6-2-4-8-19(16)29/h1-11H,12-13H2,(H,28,30). The van der Waals surface area contributed by atoms with Gasteiger partial charge in [-0.15, -0.1) is 0 Å². The molecule has 164 valence electrons. The van der Waals surface area contributed by atoms with E-state index in [1.807, 2.05) is 0 Å². The minimum absolute atomic E-state index is 0.0152. The van der Waals surface area contributed by atoms with Crippen molar-refractivity contribution in [2.45, 2.75) is 12.7 Å². The molecule has 0 saturated heterocycles. The molecule has 3 aromatic carbocycles. The predicted octanol–water partition coefficient (Wildman–Crippen LogP) is 5.39. The van der Waals surface area contributed by atoms with Crippen molar-refractivity contribution >= 4 is 45.0 Å². The lowest BCUT2D eigenvalue weighted by Gasteiger charge is -2.17. The van der Waals surface area contributed by atoms with Gasteiger partial charge in [0.2, 0.25) is 5.91 Å². The number of nitrogens with one attached hydrogen (secondary N) is 1. The Morgan fingerprint density at radius 1 is 0.969 bits per heavy atom. The number of aromatic nitrogens is 1. The van der Waals surface area contributed by atoms with Crippen LogP contribution in [0.2, 0.25) is 5.02 Å². The van der Waals surface area contributed by atoms with E-state index in [0.29, 0.717) is 21.8 Å². The van der Waals surface area contributed by atoms with Gasteiger partial charge in [0.05, 0.1) is 16.7 Å². The van der Waals surface area contributed by atoms with Gasteiger partial charge in [-0.05, 0) is 42.5 Å². The Balaban J connectivity index is 1.69. The zero-order valence-corrected chi connectivity index (χ0v) is 17.2. The van der Waals surface area contributed by atoms with Crippen molar-refractivity contribution in [1.82, 2.24) is 4.57 Å². The topological polar surface area (TPSA) is 60.3 Å². The van der Waals surface area contributed by atoms with Gasteiger partial charge in [0.15, 0.2) is 12.0 Å². The summed E-state index contributed by atoms with van der Waals surface area (Å²) >= 11 is 5.96. The first-order chi connectivity index (χ1) is 15.2. The summed E-state index contributed by atoms with van der Waals surface area (Å²) in [6.07, 6.45) is -4.53. The molecule has 32 heavy (non-hydrogen) atoms. The van der Waals surface area contributed by atoms with E-state index in [9.17, 15) is 22.8 Å². The van der Waals surface area contributed by atoms with E-state index in [1.54, 1.807) is 53.1 Å². The maximum atomic E-state index is 12.9. The third kappa shape index (κ3) is 4.55. The fourth-order valence-corrected chi connectivity index (χ4v) is 3.64. The summed E-state index contributed by atoms with van der Waals surface area (Å²) in [6.45, 7) is -1.70. The van der Waals surface area contributed by atoms with E-state index >= 15 is 0 Å². The minimum atomic E-state index is -4.53. The third-order valence-electron chi connectivity index (χ3n) is 4.79. The van der Waals surface area contributed by atoms with Crippen LogP contribution in [0.15, 0.2) is 71.5 Å². The van der Waals surface area contributed by atoms with Gasteiger partial charge in [-0.2, -0.15) is 13.2 Å². The first kappa shape index (κ1) is 21.7. The number of benzene rings is 3. The Hall–Kier alpha value is -3.52. The van der Waals surface area contributed by atoms with Crippen molar-refractivity contribution in [1.29, 1.82) is 0 Å². The molecule has 9 heteroatoms. The number of nitrogens with zero attached hydrogens (tertiary/aromatic N) is 1. The fraction of sp³-hybridized carbons (Fsp3) is 0.130. The zero-order valence-electron chi connectivity index (χ0n) is 16.4. The van der Waals surface area contributed by atoms with Crippen LogP contribution < -0.4 is 15.5 Å². The van der Waals surface area contributed by atoms with Gasteiger partial charge in [-0.3, -0.25) is 9.59 Å². The number of rotatable bonds is 5. The molecule has 0 radical (unpaired) electrons. The molecular formula is C23H16ClF3N2O3. The SMILES string of the molecule is O=C(Cn1c2ccccc2c(=O)c2ccccc21)Nc1cc(Cl)ccc1OCC(F)(F)F. The largest absolute Gasteiger partial charge is 0.482 e. The number of amides is 1. The van der Waals surface area contributed by atoms with Crippen molar-refractivity contribution in [2.24, 2.45) is 0 Å². The fourth-order valence-electron chi connectivity index (χ4n) is 3.47. The van der Waals surface area contributed by atoms with Crippen molar-refractivity contribution < 1.29 is 22.7 Å². The van der Waals surface area contributed by atoms with Gasteiger partial charge < -0.3 is 14.6 Å². The highest BCUT2D eigenvalue weighted by Crippen LogP contribution is 2.30. The van der Waals surface area contributed by atoms with Crippen molar-refractivity contribution in [3.8, 4) is 5.75 Å². The molecule has 1 heterocycles. The molecule has 5 nitrogen and oxygen atoms in total. The highest BCUT2D eigenvalue weighted by molar-refractivity contribution is 6.31. The monoisotopic (exact) mass is 460 g/mol. The number of anilines is 1. The van der Waals surface area contributed by atoms with Crippen LogP contribution in [0.4, 0.5) is 18.9 Å². The molecule has 0 aliphatic rings. The number of fused-ring (bicyclic) bond motifs is 2. The Labute approximate surface area is 185 Å². The van der Waals surface area contributed by atoms with Crippen LogP contribution in [0.25, 0.3) is 21.8 Å². The van der Waals surface area contributed by atoms with Gasteiger partial charge in [-0.1, -0.05) is 35.9 Å². The highest BCUT2D eigenvalue weighted by atomic mass is 35.5. The number of carbonyl (C=O) groups excluding carboxylic acids is 1. The van der Waals surface area contributed by atoms with E-state index in [0.717, 1.165) is 0 Å². The number of halogens is 4. The molecule has 1 N–H and O–H groups in total. The summed E-state index contributed by atoms with van der Waals surface area (Å²) in [5.41, 5.74) is 0.990. The summed E-state index contributed by atoms with van der Waals surface area (Å²) in [7, 11) is 0. The molecule has 0 aliphatic carbocycles. The van der Waals surface area contributed by atoms with Crippen LogP contribution in [-0.2, 0) is 11.3 Å². The summed E-state index contributed by atoms with van der Waals surface area (Å²) < 4.78 is 44.2. The first-order valence-corrected chi connectivity index (χ1v) is 9.90. The molecule has 0 atom stereocenters. The molecule has 1 amide bonds. The van der Waals surface area contributed by atoms with Gasteiger partial charge >= 0.3 is 6.18 Å². The second-order valence-electron chi connectivity index (χ2n) is 7.04. The molecule has 0 saturated carbocycles. The summed E-state index contributed by atoms with van der Waals surface area (Å²) in [5, 5.41) is 3.70. The number of para-hydroxylation sites is 2. The second-order valence-corrected chi connectivity index (χ2v) is 7.48. The Morgan fingerprint density at radius 3 is 2.16 bits per heavy atom. The summed E-state index contributed by atoms with van der Waals surface area (Å²) in [5.74, 6) is -0.683. The van der Waals surface area contributed by atoms with Crippen LogP contribution in [0, 0.1) is 0 Å². The van der Waals surface area contributed by atoms with Gasteiger partial charge in [0.25, 0.3) is 0 Å². The molecule has 0 unspecified atom stereocenters. The van der Waals surface area contributed by atoms with E-state index in [-0.39, 0.29) is 28.4 Å². The quantitative estimate of drug-likeness (QED) is 0.406. The minimum Gasteiger partial charge on any atom is -0.482 e. The van der Waals surface area contributed by atoms with Crippen LogP contribution in [0.3, 0.4) is 0 Å². The van der Waals surface area contributed by atoms with Crippen molar-refractivity contribution in [2.75, 3.05) is 11.9 Å². The normalized spacial score (nSPS) is 11.6. The number of hydrogen-bond donors (Lipinski definition) is 1. The highest BCUT2D eigenvalue weighted by Gasteiger charge is 2.29. The molecule has 0 bridgehead atoms. The van der Waals surface area contributed by atoms with E-state index in [1.165, 1.54) is 18.2 Å². The van der Waals surface area contributed by atoms with Crippen LogP contribution in [0.1, 0.15) is 0 Å². The van der Waals surface area contributed by atoms with Gasteiger partial charge in [0, 0.05) is 15.8 Å². The summed E-state index contributed by atoms with van der Waals surface area (Å²) in [4.78, 5) is 25.7. The third-order valence-corrected chi connectivity index (χ3v) is 5.02. The maximum Gasteiger partial charge on any atom is 0.422 e. The average Bonchev–Trinajstić information content (AvgIpc) is 2.75. The molecule has 0 spiro atoms. The molecule has 1 aromatic heterocycles. The number of hydrogen-bond acceptors (Lipinski definition) is 3. The number of alkyl halides is 3. The van der Waals surface area contributed by atoms with E-state index in [2.05, 4.69) is 5.32 Å². The van der Waals surface area contributed by atoms with Gasteiger partial charge in [0.1, 0.15) is 12.3 Å². The van der Waals surface area contributed by atoms with Crippen LogP contribution >= 0.6 is 11.6 Å². The molecule has 0 aliphatic heterocycles. The molecule has 0 fully saturated rings. The Kier molecular flexibility index (Phi) is 5.80. The Bertz CT molecular complexity index is 1320. The number of pyridine rings is 1. The second kappa shape index (κ2) is 8.55. The predicted molar refractivity (Wildman–Crippen MR) is 117 cm³/mol. The van der Waals surface area contributed by atoms with Gasteiger partial charge in [-0.25, -0.2) is 0 Å². The number of carbonyl (C=O) groups is 1. The maximum absolute atomic E-state index is 12.9. The van der Waals surface area contributed by atoms with Crippen molar-refractivity contribution in [3.63, 3.8) is 0 Å².